The minimum Gasteiger partial charge on any atom is -0.504 e. The number of phenols is 5. The summed E-state index contributed by atoms with van der Waals surface area (Å²) in [5, 5.41) is 55.5. The Labute approximate surface area is 353 Å². The summed E-state index contributed by atoms with van der Waals surface area (Å²) in [7, 11) is 0. The Morgan fingerprint density at radius 3 is 1.84 bits per heavy atom. The molecule has 11 rings (SSSR count). The first-order valence-electron chi connectivity index (χ1n) is 20.0. The summed E-state index contributed by atoms with van der Waals surface area (Å²) in [5.41, 5.74) is 8.78. The number of aromatic nitrogens is 4. The average Bonchev–Trinajstić information content (AvgIpc) is 3.87. The second-order valence-corrected chi connectivity index (χ2v) is 15.1. The van der Waals surface area contributed by atoms with E-state index in [-0.39, 0.29) is 5.56 Å². The molecular weight excluding hydrogens is 777 g/mol. The van der Waals surface area contributed by atoms with Crippen LogP contribution in [0.15, 0.2) is 156 Å². The molecule has 0 atom stereocenters. The van der Waals surface area contributed by atoms with Crippen LogP contribution in [0.25, 0.3) is 107 Å². The second kappa shape index (κ2) is 14.3. The minimum absolute atomic E-state index is 0.217. The normalized spacial score (nSPS) is 13.1. The van der Waals surface area contributed by atoms with E-state index in [2.05, 4.69) is 41.1 Å². The molecule has 3 aromatic heterocycles. The first kappa shape index (κ1) is 36.4. The Balaban J connectivity index is 1.12. The lowest BCUT2D eigenvalue weighted by Gasteiger charge is -2.14. The quantitative estimate of drug-likeness (QED) is 0.0814. The third-order valence-corrected chi connectivity index (χ3v) is 11.5. The Hall–Kier alpha value is -8.63. The van der Waals surface area contributed by atoms with E-state index in [1.165, 1.54) is 0 Å². The number of hydrogen-bond donors (Lipinski definition) is 5. The molecule has 1 aliphatic carbocycles. The van der Waals surface area contributed by atoms with Gasteiger partial charge in [-0.3, -0.25) is 0 Å². The van der Waals surface area contributed by atoms with Crippen molar-refractivity contribution in [2.45, 2.75) is 6.42 Å². The summed E-state index contributed by atoms with van der Waals surface area (Å²) < 4.78 is 8.63. The third kappa shape index (κ3) is 5.76. The molecule has 5 N–H and O–H groups in total. The van der Waals surface area contributed by atoms with Crippen LogP contribution in [-0.4, -0.2) is 45.1 Å². The van der Waals surface area contributed by atoms with Crippen molar-refractivity contribution < 1.29 is 29.9 Å². The summed E-state index contributed by atoms with van der Waals surface area (Å²) in [6.07, 6.45) is 6.67. The molecule has 0 bridgehead atoms. The summed E-state index contributed by atoms with van der Waals surface area (Å²) in [6, 6.07) is 47.3. The monoisotopic (exact) mass is 810 g/mol. The van der Waals surface area contributed by atoms with Gasteiger partial charge in [0.25, 0.3) is 0 Å². The smallest absolute Gasteiger partial charge is 0.208 e. The Kier molecular flexibility index (Phi) is 8.40. The summed E-state index contributed by atoms with van der Waals surface area (Å²) in [5.74, 6) is -2.18. The zero-order valence-electron chi connectivity index (χ0n) is 32.7. The Morgan fingerprint density at radius 1 is 0.484 bits per heavy atom. The van der Waals surface area contributed by atoms with Crippen molar-refractivity contribution in [1.29, 1.82) is 0 Å². The number of benzene rings is 7. The van der Waals surface area contributed by atoms with Gasteiger partial charge in [0.15, 0.2) is 29.0 Å². The lowest BCUT2D eigenvalue weighted by molar-refractivity contribution is 0.330. The van der Waals surface area contributed by atoms with Gasteiger partial charge in [-0.05, 0) is 59.0 Å². The van der Waals surface area contributed by atoms with Crippen LogP contribution in [0.2, 0.25) is 0 Å². The Bertz CT molecular complexity index is 3470. The molecule has 10 heteroatoms. The fourth-order valence-corrected chi connectivity index (χ4v) is 8.60. The molecule has 3 heterocycles. The van der Waals surface area contributed by atoms with Crippen LogP contribution in [0.5, 0.6) is 28.7 Å². The van der Waals surface area contributed by atoms with Crippen LogP contribution in [0, 0.1) is 0 Å². The molecule has 298 valence electrons. The maximum Gasteiger partial charge on any atom is 0.208 e. The summed E-state index contributed by atoms with van der Waals surface area (Å²) >= 11 is 0. The van der Waals surface area contributed by atoms with Crippen molar-refractivity contribution in [3.63, 3.8) is 0 Å². The topological polar surface area (TPSA) is 158 Å². The highest BCUT2D eigenvalue weighted by Gasteiger charge is 2.28. The number of rotatable bonds is 6. The van der Waals surface area contributed by atoms with Gasteiger partial charge in [-0.2, -0.15) is 0 Å². The number of aromatic hydroxyl groups is 5. The highest BCUT2D eigenvalue weighted by Crippen LogP contribution is 2.56. The highest BCUT2D eigenvalue weighted by molar-refractivity contribution is 6.18. The molecule has 0 saturated heterocycles. The van der Waals surface area contributed by atoms with E-state index in [0.717, 1.165) is 60.8 Å². The largest absolute Gasteiger partial charge is 0.504 e. The van der Waals surface area contributed by atoms with Gasteiger partial charge < -0.3 is 34.5 Å². The first-order chi connectivity index (χ1) is 30.3. The first-order valence-corrected chi connectivity index (χ1v) is 20.0. The van der Waals surface area contributed by atoms with Crippen molar-refractivity contribution in [1.82, 2.24) is 19.5 Å². The molecule has 0 radical (unpaired) electrons. The lowest BCUT2D eigenvalue weighted by atomic mass is 9.93. The van der Waals surface area contributed by atoms with Gasteiger partial charge >= 0.3 is 0 Å². The van der Waals surface area contributed by atoms with E-state index >= 15 is 0 Å². The van der Waals surface area contributed by atoms with Crippen molar-refractivity contribution >= 4 is 50.6 Å². The molecule has 10 nitrogen and oxygen atoms in total. The predicted octanol–water partition coefficient (Wildman–Crippen LogP) is 12.0. The van der Waals surface area contributed by atoms with E-state index in [1.54, 1.807) is 12.1 Å². The van der Waals surface area contributed by atoms with Crippen molar-refractivity contribution in [2.75, 3.05) is 0 Å². The molecule has 0 spiro atoms. The number of allylic oxidation sites excluding steroid dienone is 2. The van der Waals surface area contributed by atoms with Crippen molar-refractivity contribution in [3.8, 4) is 85.2 Å². The van der Waals surface area contributed by atoms with E-state index in [1.807, 2.05) is 115 Å². The number of fused-ring (bicyclic) bond motifs is 6. The number of hydrogen-bond acceptors (Lipinski definition) is 9. The molecule has 0 saturated carbocycles. The van der Waals surface area contributed by atoms with E-state index in [0.29, 0.717) is 46.2 Å². The van der Waals surface area contributed by atoms with Crippen LogP contribution in [0.1, 0.15) is 17.7 Å². The number of phenolic OH excluding ortho intramolecular Hbond substituents is 5. The zero-order chi connectivity index (χ0) is 42.1. The molecule has 0 amide bonds. The van der Waals surface area contributed by atoms with Crippen LogP contribution >= 0.6 is 0 Å². The third-order valence-electron chi connectivity index (χ3n) is 11.5. The van der Waals surface area contributed by atoms with Crippen LogP contribution < -0.4 is 0 Å². The molecule has 62 heavy (non-hydrogen) atoms. The minimum atomic E-state index is -1.02. The maximum atomic E-state index is 11.0. The van der Waals surface area contributed by atoms with Crippen LogP contribution in [0.4, 0.5) is 0 Å². The zero-order valence-corrected chi connectivity index (χ0v) is 32.7. The molecule has 10 aromatic rings. The van der Waals surface area contributed by atoms with Gasteiger partial charge in [-0.1, -0.05) is 127 Å². The van der Waals surface area contributed by atoms with Crippen molar-refractivity contribution in [2.24, 2.45) is 0 Å². The van der Waals surface area contributed by atoms with Crippen LogP contribution in [-0.2, 0) is 0 Å². The molecule has 0 unspecified atom stereocenters. The fourth-order valence-electron chi connectivity index (χ4n) is 8.60. The standard InChI is InChI=1S/C52H34N4O6/c57-45-44(46(58)48(60)49(61)47(45)59)35-21-11-24-38-42(35)34-20-7-8-23-37(34)56(38)28-33-19-10-25-39-41(33)43-36(22-12-26-40(43)62-39)52-54-50(30-15-5-2-6-16-30)53-51(55-52)32-18-9-17-31(27-32)29-13-3-1-4-14-29/h1-18,20-28,57-61H,19H2. The van der Waals surface area contributed by atoms with Crippen LogP contribution in [0.3, 0.4) is 0 Å². The highest BCUT2D eigenvalue weighted by atomic mass is 16.4. The fraction of sp³-hybridized carbons (Fsp3) is 0.0192. The van der Waals surface area contributed by atoms with Gasteiger partial charge in [0.05, 0.1) is 16.6 Å². The van der Waals surface area contributed by atoms with Gasteiger partial charge in [0.1, 0.15) is 11.3 Å². The van der Waals surface area contributed by atoms with Gasteiger partial charge in [-0.25, -0.2) is 15.0 Å². The summed E-state index contributed by atoms with van der Waals surface area (Å²) in [6.45, 7) is 0. The van der Waals surface area contributed by atoms with Crippen molar-refractivity contribution in [3.05, 3.63) is 163 Å². The van der Waals surface area contributed by atoms with Gasteiger partial charge in [-0.15, -0.1) is 0 Å². The van der Waals surface area contributed by atoms with Gasteiger partial charge in [0, 0.05) is 44.6 Å². The molecule has 1 aliphatic rings. The molecule has 0 fully saturated rings. The molecule has 0 aliphatic heterocycles. The van der Waals surface area contributed by atoms with E-state index in [4.69, 9.17) is 19.4 Å². The second-order valence-electron chi connectivity index (χ2n) is 15.1. The molecule has 7 aromatic carbocycles. The predicted molar refractivity (Wildman–Crippen MR) is 242 cm³/mol. The van der Waals surface area contributed by atoms with E-state index in [9.17, 15) is 25.5 Å². The van der Waals surface area contributed by atoms with E-state index < -0.39 is 28.7 Å². The Morgan fingerprint density at radius 2 is 1.06 bits per heavy atom. The SMILES string of the molecule is Oc1c(O)c(O)c(-c2cccc3c2c2ccccc2n3C=C2CC=Cc3oc4cccc(-c5nc(-c6ccccc6)nc(-c6cccc(-c7ccccc7)c6)n5)c4c32)c(O)c1O. The maximum absolute atomic E-state index is 11.0. The number of furan rings is 1. The van der Waals surface area contributed by atoms with Gasteiger partial charge in [0.2, 0.25) is 17.2 Å². The average molecular weight is 811 g/mol. The number of para-hydroxylation sites is 1. The number of nitrogens with zero attached hydrogens (tertiary/aromatic N) is 4. The molecular formula is C52H34N4O6. The summed E-state index contributed by atoms with van der Waals surface area (Å²) in [4.78, 5) is 15.3. The lowest BCUT2D eigenvalue weighted by Crippen LogP contribution is -2.01.